The van der Waals surface area contributed by atoms with E-state index in [-0.39, 0.29) is 0 Å². The van der Waals surface area contributed by atoms with Crippen molar-refractivity contribution >= 4 is 32.3 Å². The van der Waals surface area contributed by atoms with Gasteiger partial charge in [0.15, 0.2) is 0 Å². The highest BCUT2D eigenvalue weighted by Crippen LogP contribution is 2.45. The Morgan fingerprint density at radius 1 is 0.262 bits per heavy atom. The summed E-state index contributed by atoms with van der Waals surface area (Å²) in [6.45, 7) is 0. The Labute approximate surface area is 285 Å². The summed E-state index contributed by atoms with van der Waals surface area (Å²) < 4.78 is 249. The van der Waals surface area contributed by atoms with Crippen molar-refractivity contribution < 1.29 is 38.4 Å². The van der Waals surface area contributed by atoms with Crippen LogP contribution in [0, 0.1) is 0 Å². The van der Waals surface area contributed by atoms with E-state index >= 15 is 0 Å². The molecule has 0 amide bonds. The molecule has 0 saturated heterocycles. The quantitative estimate of drug-likeness (QED) is 0.188. The summed E-state index contributed by atoms with van der Waals surface area (Å²) in [4.78, 5) is 0. The largest absolute Gasteiger partial charge is 0.0636 e. The summed E-state index contributed by atoms with van der Waals surface area (Å²) in [5.41, 5.74) is -6.87. The number of hydrogen-bond donors (Lipinski definition) is 0. The average Bonchev–Trinajstić information content (AvgIpc) is 3.32. The van der Waals surface area contributed by atoms with Gasteiger partial charge in [0.2, 0.25) is 0 Å². The van der Waals surface area contributed by atoms with Crippen LogP contribution in [-0.2, 0) is 0 Å². The highest BCUT2D eigenvalue weighted by molar-refractivity contribution is 6.22. The van der Waals surface area contributed by atoms with Crippen LogP contribution < -0.4 is 0 Å². The Hall–Kier alpha value is -5.46. The minimum atomic E-state index is -1.12. The van der Waals surface area contributed by atoms with Gasteiger partial charge in [-0.3, -0.25) is 0 Å². The lowest BCUT2D eigenvalue weighted by Gasteiger charge is -2.19. The molecule has 0 heteroatoms. The number of hydrogen-bond acceptors (Lipinski definition) is 0. The molecule has 0 aromatic heterocycles. The molecule has 0 aliphatic rings. The fourth-order valence-corrected chi connectivity index (χ4v) is 4.59. The van der Waals surface area contributed by atoms with E-state index in [1.807, 2.05) is 0 Å². The Bertz CT molecular complexity index is 3740. The molecule has 0 aliphatic carbocycles. The molecule has 8 aromatic rings. The maximum Gasteiger partial charge on any atom is 0.0636 e. The van der Waals surface area contributed by atoms with Crippen LogP contribution in [0.3, 0.4) is 0 Å². The predicted molar refractivity (Wildman–Crippen MR) is 181 cm³/mol. The summed E-state index contributed by atoms with van der Waals surface area (Å²) in [7, 11) is 0. The fourth-order valence-electron chi connectivity index (χ4n) is 4.59. The summed E-state index contributed by atoms with van der Waals surface area (Å²) >= 11 is 0. The van der Waals surface area contributed by atoms with Crippen molar-refractivity contribution in [2.75, 3.05) is 0 Å². The Morgan fingerprint density at radius 2 is 0.762 bits per heavy atom. The molecular formula is C42H28. The summed E-state index contributed by atoms with van der Waals surface area (Å²) in [6, 6.07) is -27.8. The van der Waals surface area contributed by atoms with Gasteiger partial charge in [0, 0.05) is 0 Å². The van der Waals surface area contributed by atoms with Crippen LogP contribution in [0.4, 0.5) is 0 Å². The first-order valence-corrected chi connectivity index (χ1v) is 12.2. The van der Waals surface area contributed by atoms with E-state index in [1.54, 1.807) is 0 Å². The van der Waals surface area contributed by atoms with Crippen LogP contribution >= 0.6 is 0 Å². The smallest absolute Gasteiger partial charge is 0.0622 e. The number of benzene rings is 8. The fraction of sp³-hybridized carbons (Fsp3) is 0. The number of rotatable bonds is 4. The second-order valence-corrected chi connectivity index (χ2v) is 8.75. The highest BCUT2D eigenvalue weighted by atomic mass is 14.2. The Balaban J connectivity index is 1.76. The molecule has 0 N–H and O–H groups in total. The van der Waals surface area contributed by atoms with Crippen LogP contribution in [0.25, 0.3) is 76.8 Å². The SMILES string of the molecule is [2H]c1c([2H])c([2H])c(-c2c([2H])c([2H])c3c(-c4c([2H])c([2H])c([2H])c(-c5c([2H])c([2H])c6c([2H])c([2H])c([2H])c([2H])c6c5[2H])c4[2H])c4c([2H])c([2H])c([2H])c([2H])c4c(-c4c([2H])c([2H])c([2H])c([2H])c4[2H])c3c2[2H])c([2H])c1[2H]. The van der Waals surface area contributed by atoms with E-state index in [0.29, 0.717) is 0 Å². The second kappa shape index (κ2) is 10.2. The van der Waals surface area contributed by atoms with Crippen molar-refractivity contribution in [2.24, 2.45) is 0 Å². The maximum atomic E-state index is 9.85. The van der Waals surface area contributed by atoms with Gasteiger partial charge in [-0.1, -0.05) is 151 Å². The molecule has 0 bridgehead atoms. The van der Waals surface area contributed by atoms with Crippen LogP contribution in [0.2, 0.25) is 0 Å². The van der Waals surface area contributed by atoms with E-state index in [2.05, 4.69) is 0 Å². The van der Waals surface area contributed by atoms with Crippen molar-refractivity contribution in [2.45, 2.75) is 0 Å². The third kappa shape index (κ3) is 4.17. The molecule has 0 unspecified atom stereocenters. The second-order valence-electron chi connectivity index (χ2n) is 8.75. The third-order valence-electron chi connectivity index (χ3n) is 6.38. The van der Waals surface area contributed by atoms with Crippen molar-refractivity contribution in [1.29, 1.82) is 0 Å². The molecule has 0 nitrogen and oxygen atoms in total. The maximum absolute atomic E-state index is 9.85. The molecule has 0 spiro atoms. The first-order chi connectivity index (χ1) is 32.5. The summed E-state index contributed by atoms with van der Waals surface area (Å²) in [5.74, 6) is 0. The zero-order chi connectivity index (χ0) is 52.2. The molecule has 8 rings (SSSR count). The van der Waals surface area contributed by atoms with E-state index in [9.17, 15) is 11.0 Å². The van der Waals surface area contributed by atoms with Gasteiger partial charge in [0.05, 0.1) is 38.4 Å². The van der Waals surface area contributed by atoms with Gasteiger partial charge in [0.1, 0.15) is 0 Å². The Kier molecular flexibility index (Phi) is 2.19. The topological polar surface area (TPSA) is 0 Å². The average molecular weight is 561 g/mol. The summed E-state index contributed by atoms with van der Waals surface area (Å²) in [5, 5.41) is -4.51. The first-order valence-electron chi connectivity index (χ1n) is 26.2. The summed E-state index contributed by atoms with van der Waals surface area (Å²) in [6.07, 6.45) is 0. The lowest BCUT2D eigenvalue weighted by Crippen LogP contribution is -1.92. The minimum absolute atomic E-state index is 0.581. The van der Waals surface area contributed by atoms with Gasteiger partial charge >= 0.3 is 0 Å². The predicted octanol–water partition coefficient (Wildman–Crippen LogP) is 11.8. The van der Waals surface area contributed by atoms with Gasteiger partial charge in [-0.15, -0.1) is 0 Å². The molecule has 0 heterocycles. The van der Waals surface area contributed by atoms with Crippen molar-refractivity contribution in [3.63, 3.8) is 0 Å². The van der Waals surface area contributed by atoms with Crippen molar-refractivity contribution in [3.05, 3.63) is 169 Å². The van der Waals surface area contributed by atoms with Gasteiger partial charge in [-0.2, -0.15) is 0 Å². The van der Waals surface area contributed by atoms with E-state index in [1.165, 1.54) is 0 Å². The van der Waals surface area contributed by atoms with E-state index in [4.69, 9.17) is 27.4 Å². The molecule has 0 aliphatic heterocycles. The molecule has 0 radical (unpaired) electrons. The number of fused-ring (bicyclic) bond motifs is 3. The Morgan fingerprint density at radius 3 is 1.52 bits per heavy atom. The molecule has 0 fully saturated rings. The highest BCUT2D eigenvalue weighted by Gasteiger charge is 2.17. The van der Waals surface area contributed by atoms with Crippen LogP contribution in [0.1, 0.15) is 38.4 Å². The van der Waals surface area contributed by atoms with E-state index < -0.39 is 246 Å². The zero-order valence-corrected chi connectivity index (χ0v) is 21.0. The van der Waals surface area contributed by atoms with Gasteiger partial charge < -0.3 is 0 Å². The van der Waals surface area contributed by atoms with Gasteiger partial charge in [-0.05, 0) is 95.0 Å². The molecule has 0 saturated carbocycles. The molecular weight excluding hydrogens is 504 g/mol. The molecule has 0 atom stereocenters. The van der Waals surface area contributed by atoms with E-state index in [0.717, 1.165) is 0 Å². The van der Waals surface area contributed by atoms with Crippen molar-refractivity contribution in [1.82, 2.24) is 0 Å². The lowest BCUT2D eigenvalue weighted by molar-refractivity contribution is 1.62. The standard InChI is InChI=1S/C42H28/c1-3-12-29(13-4-1)35-24-25-39-40(28-35)41(31-15-5-2-6-16-31)37-20-9-10-21-38(37)42(39)36-19-11-18-33(27-36)34-23-22-30-14-7-8-17-32(30)26-34/h1-28H/i1D,2D,3D,4D,5D,6D,7D,8D,9D,10D,11D,12D,13D,14D,15D,16D,17D,18D,19D,20D,21D,22D,23D,24D,25D,26D,27D,28D. The van der Waals surface area contributed by atoms with Crippen LogP contribution in [-0.4, -0.2) is 0 Å². The molecule has 8 aromatic carbocycles. The molecule has 196 valence electrons. The van der Waals surface area contributed by atoms with Gasteiger partial charge in [-0.25, -0.2) is 0 Å². The first kappa shape index (κ1) is 9.02. The normalized spacial score (nSPS) is 20.7. The third-order valence-corrected chi connectivity index (χ3v) is 6.38. The molecule has 42 heavy (non-hydrogen) atoms. The van der Waals surface area contributed by atoms with Crippen molar-refractivity contribution in [3.8, 4) is 44.5 Å². The zero-order valence-electron chi connectivity index (χ0n) is 49.0. The monoisotopic (exact) mass is 560 g/mol. The minimum Gasteiger partial charge on any atom is -0.0622 e. The van der Waals surface area contributed by atoms with Crippen LogP contribution in [0.15, 0.2) is 169 Å². The van der Waals surface area contributed by atoms with Gasteiger partial charge in [0.25, 0.3) is 0 Å². The lowest BCUT2D eigenvalue weighted by atomic mass is 9.84. The van der Waals surface area contributed by atoms with Crippen LogP contribution in [0.5, 0.6) is 0 Å².